The van der Waals surface area contributed by atoms with Crippen LogP contribution in [0.2, 0.25) is 0 Å². The lowest BCUT2D eigenvalue weighted by molar-refractivity contribution is -0.384. The number of hydrogen-bond donors (Lipinski definition) is 1. The van der Waals surface area contributed by atoms with E-state index in [9.17, 15) is 10.1 Å². The van der Waals surface area contributed by atoms with Gasteiger partial charge in [0.25, 0.3) is 5.69 Å². The van der Waals surface area contributed by atoms with Gasteiger partial charge in [0.1, 0.15) is 0 Å². The molecule has 1 aromatic carbocycles. The molecule has 108 valence electrons. The van der Waals surface area contributed by atoms with Crippen molar-refractivity contribution in [1.29, 1.82) is 0 Å². The summed E-state index contributed by atoms with van der Waals surface area (Å²) in [7, 11) is 1.84. The molecule has 1 aromatic heterocycles. The van der Waals surface area contributed by atoms with E-state index in [1.54, 1.807) is 16.8 Å². The molecule has 1 N–H and O–H groups in total. The van der Waals surface area contributed by atoms with Crippen LogP contribution in [0.5, 0.6) is 0 Å². The van der Waals surface area contributed by atoms with E-state index in [0.29, 0.717) is 5.92 Å². The van der Waals surface area contributed by atoms with Crippen LogP contribution in [0.25, 0.3) is 10.9 Å². The van der Waals surface area contributed by atoms with E-state index in [1.807, 2.05) is 7.05 Å². The predicted molar refractivity (Wildman–Crippen MR) is 79.9 cm³/mol. The number of non-ortho nitro benzene ring substituents is 1. The molecule has 1 heterocycles. The van der Waals surface area contributed by atoms with Gasteiger partial charge in [-0.2, -0.15) is 5.10 Å². The van der Waals surface area contributed by atoms with Crippen molar-refractivity contribution in [2.75, 3.05) is 11.9 Å². The first-order valence-electron chi connectivity index (χ1n) is 6.84. The highest BCUT2D eigenvalue weighted by Crippen LogP contribution is 2.26. The Morgan fingerprint density at radius 3 is 2.85 bits per heavy atom. The summed E-state index contributed by atoms with van der Waals surface area (Å²) >= 11 is 0. The highest BCUT2D eigenvalue weighted by Gasteiger charge is 2.13. The molecule has 6 nitrogen and oxygen atoms in total. The molecule has 0 saturated carbocycles. The highest BCUT2D eigenvalue weighted by molar-refractivity contribution is 5.91. The van der Waals surface area contributed by atoms with Crippen LogP contribution >= 0.6 is 0 Å². The summed E-state index contributed by atoms with van der Waals surface area (Å²) in [5, 5.41) is 19.3. The number of anilines is 1. The molecule has 0 saturated heterocycles. The average Bonchev–Trinajstić information content (AvgIpc) is 2.71. The number of nitro benzene ring substituents is 1. The Morgan fingerprint density at radius 1 is 1.45 bits per heavy atom. The molecule has 0 aliphatic carbocycles. The first-order chi connectivity index (χ1) is 9.49. The van der Waals surface area contributed by atoms with Crippen molar-refractivity contribution in [2.24, 2.45) is 13.0 Å². The lowest BCUT2D eigenvalue weighted by Crippen LogP contribution is -2.04. The Morgan fingerprint density at radius 2 is 2.20 bits per heavy atom. The van der Waals surface area contributed by atoms with Gasteiger partial charge in [0.15, 0.2) is 5.82 Å². The van der Waals surface area contributed by atoms with Gasteiger partial charge in [0.2, 0.25) is 0 Å². The van der Waals surface area contributed by atoms with E-state index in [-0.39, 0.29) is 10.6 Å². The summed E-state index contributed by atoms with van der Waals surface area (Å²) in [6, 6.07) is 4.82. The van der Waals surface area contributed by atoms with Gasteiger partial charge < -0.3 is 5.32 Å². The molecule has 20 heavy (non-hydrogen) atoms. The quantitative estimate of drug-likeness (QED) is 0.499. The minimum absolute atomic E-state index is 0.0933. The SMILES string of the molecule is CC(C)CCCNc1nn(C)c2ccc([N+](=O)[O-])cc12. The third-order valence-corrected chi connectivity index (χ3v) is 3.30. The van der Waals surface area contributed by atoms with Gasteiger partial charge in [-0.05, 0) is 24.8 Å². The number of hydrogen-bond acceptors (Lipinski definition) is 4. The largest absolute Gasteiger partial charge is 0.368 e. The van der Waals surface area contributed by atoms with Gasteiger partial charge >= 0.3 is 0 Å². The second-order valence-electron chi connectivity index (χ2n) is 5.39. The Kier molecular flexibility index (Phi) is 4.22. The first-order valence-corrected chi connectivity index (χ1v) is 6.84. The lowest BCUT2D eigenvalue weighted by Gasteiger charge is -2.05. The van der Waals surface area contributed by atoms with Crippen LogP contribution in [0.3, 0.4) is 0 Å². The monoisotopic (exact) mass is 276 g/mol. The minimum Gasteiger partial charge on any atom is -0.368 e. The molecule has 0 spiro atoms. The Hall–Kier alpha value is -2.11. The van der Waals surface area contributed by atoms with Crippen LogP contribution in [0, 0.1) is 16.0 Å². The van der Waals surface area contributed by atoms with E-state index in [4.69, 9.17) is 0 Å². The summed E-state index contributed by atoms with van der Waals surface area (Å²) in [5.41, 5.74) is 0.984. The number of nitrogens with zero attached hydrogens (tertiary/aromatic N) is 3. The van der Waals surface area contributed by atoms with Crippen molar-refractivity contribution >= 4 is 22.4 Å². The zero-order valence-corrected chi connectivity index (χ0v) is 12.1. The zero-order chi connectivity index (χ0) is 14.7. The van der Waals surface area contributed by atoms with Gasteiger partial charge in [0, 0.05) is 25.7 Å². The molecule has 0 unspecified atom stereocenters. The fraction of sp³-hybridized carbons (Fsp3) is 0.500. The Bertz CT molecular complexity index is 619. The average molecular weight is 276 g/mol. The van der Waals surface area contributed by atoms with E-state index in [0.717, 1.165) is 36.1 Å². The van der Waals surface area contributed by atoms with Crippen LogP contribution < -0.4 is 5.32 Å². The van der Waals surface area contributed by atoms with Crippen LogP contribution in [0.1, 0.15) is 26.7 Å². The third kappa shape index (κ3) is 3.07. The second-order valence-corrected chi connectivity index (χ2v) is 5.39. The molecule has 2 aromatic rings. The molecular formula is C14H20N4O2. The molecule has 6 heteroatoms. The Labute approximate surface area is 117 Å². The maximum absolute atomic E-state index is 10.9. The summed E-state index contributed by atoms with van der Waals surface area (Å²) < 4.78 is 1.74. The van der Waals surface area contributed by atoms with Crippen LogP contribution in [-0.4, -0.2) is 21.2 Å². The number of aryl methyl sites for hydroxylation is 1. The van der Waals surface area contributed by atoms with Crippen molar-refractivity contribution in [3.05, 3.63) is 28.3 Å². The van der Waals surface area contributed by atoms with E-state index >= 15 is 0 Å². The molecule has 2 rings (SSSR count). The van der Waals surface area contributed by atoms with E-state index in [1.165, 1.54) is 6.07 Å². The maximum atomic E-state index is 10.9. The standard InChI is InChI=1S/C14H20N4O2/c1-10(2)5-4-8-15-14-12-9-11(18(19)20)6-7-13(12)17(3)16-14/h6-7,9-10H,4-5,8H2,1-3H3,(H,15,16). The van der Waals surface area contributed by atoms with Crippen LogP contribution in [0.15, 0.2) is 18.2 Å². The van der Waals surface area contributed by atoms with E-state index < -0.39 is 0 Å². The number of nitrogens with one attached hydrogen (secondary N) is 1. The number of rotatable bonds is 6. The van der Waals surface area contributed by atoms with Gasteiger partial charge in [-0.15, -0.1) is 0 Å². The fourth-order valence-corrected chi connectivity index (χ4v) is 2.21. The van der Waals surface area contributed by atoms with Crippen LogP contribution in [0.4, 0.5) is 11.5 Å². The van der Waals surface area contributed by atoms with Crippen molar-refractivity contribution < 1.29 is 4.92 Å². The summed E-state index contributed by atoms with van der Waals surface area (Å²) in [6.45, 7) is 5.21. The number of aromatic nitrogens is 2. The summed E-state index contributed by atoms with van der Waals surface area (Å²) in [5.74, 6) is 1.40. The second kappa shape index (κ2) is 5.90. The predicted octanol–water partition coefficient (Wildman–Crippen LogP) is 3.33. The van der Waals surface area contributed by atoms with Crippen molar-refractivity contribution in [1.82, 2.24) is 9.78 Å². The number of benzene rings is 1. The molecule has 0 radical (unpaired) electrons. The van der Waals surface area contributed by atoms with Gasteiger partial charge in [0.05, 0.1) is 15.8 Å². The molecular weight excluding hydrogens is 256 g/mol. The molecule has 0 amide bonds. The van der Waals surface area contributed by atoms with Gasteiger partial charge in [-0.25, -0.2) is 0 Å². The van der Waals surface area contributed by atoms with Gasteiger partial charge in [-0.3, -0.25) is 14.8 Å². The minimum atomic E-state index is -0.380. The number of fused-ring (bicyclic) bond motifs is 1. The normalized spacial score (nSPS) is 11.2. The molecule has 0 aliphatic heterocycles. The van der Waals surface area contributed by atoms with E-state index in [2.05, 4.69) is 24.3 Å². The first kappa shape index (κ1) is 14.3. The highest BCUT2D eigenvalue weighted by atomic mass is 16.6. The number of nitro groups is 1. The molecule has 0 fully saturated rings. The molecule has 0 aliphatic rings. The lowest BCUT2D eigenvalue weighted by atomic mass is 10.1. The van der Waals surface area contributed by atoms with Crippen molar-refractivity contribution in [2.45, 2.75) is 26.7 Å². The Balaban J connectivity index is 2.19. The maximum Gasteiger partial charge on any atom is 0.270 e. The summed E-state index contributed by atoms with van der Waals surface area (Å²) in [6.07, 6.45) is 2.21. The molecule has 0 atom stereocenters. The third-order valence-electron chi connectivity index (χ3n) is 3.30. The summed E-state index contributed by atoms with van der Waals surface area (Å²) in [4.78, 5) is 10.5. The van der Waals surface area contributed by atoms with Crippen molar-refractivity contribution in [3.8, 4) is 0 Å². The smallest absolute Gasteiger partial charge is 0.270 e. The van der Waals surface area contributed by atoms with Crippen LogP contribution in [-0.2, 0) is 7.05 Å². The molecule has 0 bridgehead atoms. The van der Waals surface area contributed by atoms with Crippen molar-refractivity contribution in [3.63, 3.8) is 0 Å². The zero-order valence-electron chi connectivity index (χ0n) is 12.1. The van der Waals surface area contributed by atoms with Gasteiger partial charge in [-0.1, -0.05) is 13.8 Å². The fourth-order valence-electron chi connectivity index (χ4n) is 2.21. The topological polar surface area (TPSA) is 73.0 Å².